The molecule has 0 atom stereocenters. The Bertz CT molecular complexity index is 431. The molecule has 0 unspecified atom stereocenters. The standard InChI is InChI=1S/C9H9N3O2/c1-2-14-9(13)7-3-6-8(12-7)4-10-5-11-6/h3-5,12H,2H2,1H3. The third-order valence-electron chi connectivity index (χ3n) is 1.79. The first kappa shape index (κ1) is 8.68. The van der Waals surface area contributed by atoms with Gasteiger partial charge in [-0.1, -0.05) is 0 Å². The van der Waals surface area contributed by atoms with Crippen molar-refractivity contribution in [1.82, 2.24) is 15.0 Å². The van der Waals surface area contributed by atoms with Crippen molar-refractivity contribution in [3.8, 4) is 0 Å². The number of ether oxygens (including phenoxy) is 1. The third-order valence-corrected chi connectivity index (χ3v) is 1.79. The van der Waals surface area contributed by atoms with Crippen molar-refractivity contribution in [2.24, 2.45) is 0 Å². The zero-order valence-corrected chi connectivity index (χ0v) is 7.65. The molecule has 0 radical (unpaired) electrons. The molecule has 0 aliphatic rings. The number of aromatic amines is 1. The van der Waals surface area contributed by atoms with Gasteiger partial charge >= 0.3 is 5.97 Å². The molecule has 0 aromatic carbocycles. The lowest BCUT2D eigenvalue weighted by Gasteiger charge is -1.96. The lowest BCUT2D eigenvalue weighted by molar-refractivity contribution is 0.0520. The summed E-state index contributed by atoms with van der Waals surface area (Å²) in [5.74, 6) is -0.370. The number of rotatable bonds is 2. The van der Waals surface area contributed by atoms with Crippen LogP contribution >= 0.6 is 0 Å². The minimum Gasteiger partial charge on any atom is -0.461 e. The smallest absolute Gasteiger partial charge is 0.354 e. The van der Waals surface area contributed by atoms with Crippen molar-refractivity contribution in [2.75, 3.05) is 6.61 Å². The highest BCUT2D eigenvalue weighted by molar-refractivity contribution is 5.93. The van der Waals surface area contributed by atoms with E-state index in [-0.39, 0.29) is 5.97 Å². The van der Waals surface area contributed by atoms with Gasteiger partial charge in [-0.3, -0.25) is 0 Å². The predicted octanol–water partition coefficient (Wildman–Crippen LogP) is 1.13. The lowest BCUT2D eigenvalue weighted by Crippen LogP contribution is -2.04. The summed E-state index contributed by atoms with van der Waals surface area (Å²) in [6.07, 6.45) is 3.05. The van der Waals surface area contributed by atoms with Gasteiger partial charge in [0.15, 0.2) is 0 Å². The van der Waals surface area contributed by atoms with E-state index in [2.05, 4.69) is 15.0 Å². The molecule has 0 amide bonds. The second kappa shape index (κ2) is 3.45. The molecule has 0 bridgehead atoms. The van der Waals surface area contributed by atoms with Gasteiger partial charge in [-0.2, -0.15) is 0 Å². The molecule has 2 aromatic heterocycles. The number of hydrogen-bond donors (Lipinski definition) is 1. The number of hydrogen-bond acceptors (Lipinski definition) is 4. The van der Waals surface area contributed by atoms with Crippen LogP contribution in [0.25, 0.3) is 11.0 Å². The molecule has 5 nitrogen and oxygen atoms in total. The highest BCUT2D eigenvalue weighted by atomic mass is 16.5. The Labute approximate surface area is 80.1 Å². The number of aromatic nitrogens is 3. The van der Waals surface area contributed by atoms with Gasteiger partial charge in [-0.15, -0.1) is 0 Å². The van der Waals surface area contributed by atoms with E-state index in [1.807, 2.05) is 0 Å². The number of nitrogens with zero attached hydrogens (tertiary/aromatic N) is 2. The summed E-state index contributed by atoms with van der Waals surface area (Å²) in [4.78, 5) is 22.0. The van der Waals surface area contributed by atoms with E-state index in [9.17, 15) is 4.79 Å². The molecule has 1 N–H and O–H groups in total. The Hall–Kier alpha value is -1.91. The van der Waals surface area contributed by atoms with Crippen LogP contribution in [0.4, 0.5) is 0 Å². The molecular weight excluding hydrogens is 182 g/mol. The molecule has 2 rings (SSSR count). The zero-order chi connectivity index (χ0) is 9.97. The third kappa shape index (κ3) is 1.44. The van der Waals surface area contributed by atoms with Gasteiger partial charge in [0, 0.05) is 0 Å². The number of carbonyl (C=O) groups is 1. The van der Waals surface area contributed by atoms with Gasteiger partial charge in [0.2, 0.25) is 0 Å². The van der Waals surface area contributed by atoms with E-state index in [0.717, 1.165) is 5.52 Å². The van der Waals surface area contributed by atoms with Crippen LogP contribution in [0, 0.1) is 0 Å². The summed E-state index contributed by atoms with van der Waals surface area (Å²) in [6, 6.07) is 1.65. The lowest BCUT2D eigenvalue weighted by atomic mass is 10.4. The molecule has 2 heterocycles. The van der Waals surface area contributed by atoms with Gasteiger partial charge in [-0.05, 0) is 13.0 Å². The van der Waals surface area contributed by atoms with E-state index < -0.39 is 0 Å². The van der Waals surface area contributed by atoms with Gasteiger partial charge in [0.1, 0.15) is 12.0 Å². The van der Waals surface area contributed by atoms with Crippen molar-refractivity contribution in [3.63, 3.8) is 0 Å². The SMILES string of the molecule is CCOC(=O)c1cc2ncncc2[nH]1. The van der Waals surface area contributed by atoms with Gasteiger partial charge in [0.05, 0.1) is 23.8 Å². The van der Waals surface area contributed by atoms with E-state index in [1.54, 1.807) is 19.2 Å². The van der Waals surface area contributed by atoms with Crippen LogP contribution in [0.1, 0.15) is 17.4 Å². The number of esters is 1. The Morgan fingerprint density at radius 2 is 2.50 bits per heavy atom. The molecule has 0 saturated carbocycles. The molecule has 0 fully saturated rings. The Kier molecular flexibility index (Phi) is 2.14. The maximum Gasteiger partial charge on any atom is 0.354 e. The number of fused-ring (bicyclic) bond motifs is 1. The van der Waals surface area contributed by atoms with Crippen LogP contribution in [0.15, 0.2) is 18.6 Å². The van der Waals surface area contributed by atoms with Gasteiger partial charge in [0.25, 0.3) is 0 Å². The highest BCUT2D eigenvalue weighted by Crippen LogP contribution is 2.11. The van der Waals surface area contributed by atoms with E-state index in [1.165, 1.54) is 6.33 Å². The molecule has 0 saturated heterocycles. The number of carbonyl (C=O) groups excluding carboxylic acids is 1. The maximum atomic E-state index is 11.3. The summed E-state index contributed by atoms with van der Waals surface area (Å²) in [5.41, 5.74) is 1.85. The van der Waals surface area contributed by atoms with E-state index in [4.69, 9.17) is 4.74 Å². The van der Waals surface area contributed by atoms with Crippen molar-refractivity contribution >= 4 is 17.0 Å². The van der Waals surface area contributed by atoms with Crippen molar-refractivity contribution in [2.45, 2.75) is 6.92 Å². The summed E-state index contributed by atoms with van der Waals surface area (Å²) in [5, 5.41) is 0. The summed E-state index contributed by atoms with van der Waals surface area (Å²) >= 11 is 0. The molecule has 0 spiro atoms. The van der Waals surface area contributed by atoms with Gasteiger partial charge < -0.3 is 9.72 Å². The first-order valence-electron chi connectivity index (χ1n) is 4.27. The Morgan fingerprint density at radius 1 is 1.64 bits per heavy atom. The minimum atomic E-state index is -0.370. The zero-order valence-electron chi connectivity index (χ0n) is 7.65. The quantitative estimate of drug-likeness (QED) is 0.722. The topological polar surface area (TPSA) is 67.9 Å². The highest BCUT2D eigenvalue weighted by Gasteiger charge is 2.10. The fourth-order valence-corrected chi connectivity index (χ4v) is 1.19. The van der Waals surface area contributed by atoms with Crippen LogP contribution in [0.3, 0.4) is 0 Å². The molecule has 5 heteroatoms. The Morgan fingerprint density at radius 3 is 3.21 bits per heavy atom. The number of nitrogens with one attached hydrogen (secondary N) is 1. The summed E-state index contributed by atoms with van der Waals surface area (Å²) in [6.45, 7) is 2.13. The molecule has 2 aromatic rings. The predicted molar refractivity (Wildman–Crippen MR) is 49.8 cm³/mol. The summed E-state index contributed by atoms with van der Waals surface area (Å²) < 4.78 is 4.84. The van der Waals surface area contributed by atoms with Gasteiger partial charge in [-0.25, -0.2) is 14.8 Å². The second-order valence-corrected chi connectivity index (χ2v) is 2.73. The van der Waals surface area contributed by atoms with Crippen LogP contribution in [0.5, 0.6) is 0 Å². The van der Waals surface area contributed by atoms with Crippen molar-refractivity contribution in [3.05, 3.63) is 24.3 Å². The monoisotopic (exact) mass is 191 g/mol. The van der Waals surface area contributed by atoms with Crippen LogP contribution < -0.4 is 0 Å². The maximum absolute atomic E-state index is 11.3. The normalized spacial score (nSPS) is 10.4. The first-order valence-corrected chi connectivity index (χ1v) is 4.27. The first-order chi connectivity index (χ1) is 6.81. The van der Waals surface area contributed by atoms with Crippen LogP contribution in [-0.4, -0.2) is 27.5 Å². The molecule has 0 aliphatic carbocycles. The van der Waals surface area contributed by atoms with Crippen molar-refractivity contribution in [1.29, 1.82) is 0 Å². The van der Waals surface area contributed by atoms with Crippen LogP contribution in [-0.2, 0) is 4.74 Å². The molecule has 72 valence electrons. The van der Waals surface area contributed by atoms with Crippen LogP contribution in [0.2, 0.25) is 0 Å². The fourth-order valence-electron chi connectivity index (χ4n) is 1.19. The summed E-state index contributed by atoms with van der Waals surface area (Å²) in [7, 11) is 0. The molecule has 0 aliphatic heterocycles. The largest absolute Gasteiger partial charge is 0.461 e. The fraction of sp³-hybridized carbons (Fsp3) is 0.222. The average Bonchev–Trinajstić information content (AvgIpc) is 2.61. The molecule has 14 heavy (non-hydrogen) atoms. The minimum absolute atomic E-state index is 0.361. The number of H-pyrrole nitrogens is 1. The van der Waals surface area contributed by atoms with E-state index in [0.29, 0.717) is 17.8 Å². The average molecular weight is 191 g/mol. The van der Waals surface area contributed by atoms with Crippen molar-refractivity contribution < 1.29 is 9.53 Å². The Balaban J connectivity index is 2.40. The second-order valence-electron chi connectivity index (χ2n) is 2.73. The van der Waals surface area contributed by atoms with E-state index >= 15 is 0 Å². The molecular formula is C9H9N3O2.